The molecule has 1 aromatic carbocycles. The van der Waals surface area contributed by atoms with Gasteiger partial charge in [0.15, 0.2) is 0 Å². The molecule has 1 heterocycles. The van der Waals surface area contributed by atoms with Gasteiger partial charge in [0.25, 0.3) is 0 Å². The summed E-state index contributed by atoms with van der Waals surface area (Å²) in [5.41, 5.74) is 5.90. The summed E-state index contributed by atoms with van der Waals surface area (Å²) >= 11 is 1.69. The van der Waals surface area contributed by atoms with Crippen LogP contribution in [0.5, 0.6) is 0 Å². The molecule has 1 aliphatic heterocycles. The number of fused-ring (bicyclic) bond motifs is 1. The van der Waals surface area contributed by atoms with Crippen LogP contribution >= 0.6 is 11.8 Å². The largest absolute Gasteiger partial charge is 0.416 e. The lowest BCUT2D eigenvalue weighted by Gasteiger charge is -2.28. The zero-order valence-electron chi connectivity index (χ0n) is 11.4. The molecule has 2 aliphatic rings. The molecule has 0 radical (unpaired) electrons. The summed E-state index contributed by atoms with van der Waals surface area (Å²) in [5, 5.41) is 1.31. The van der Waals surface area contributed by atoms with Crippen molar-refractivity contribution < 1.29 is 13.2 Å². The number of thioether (sulfide) groups is 1. The van der Waals surface area contributed by atoms with E-state index in [0.29, 0.717) is 23.8 Å². The zero-order chi connectivity index (χ0) is 15.0. The number of nitrogens with zero attached hydrogens (tertiary/aromatic N) is 1. The maximum Gasteiger partial charge on any atom is 0.416 e. The topological polar surface area (TPSA) is 38.4 Å². The van der Waals surface area contributed by atoms with E-state index in [1.807, 2.05) is 0 Å². The van der Waals surface area contributed by atoms with E-state index in [4.69, 9.17) is 10.7 Å². The number of alkyl halides is 3. The molecule has 114 valence electrons. The predicted octanol–water partition coefficient (Wildman–Crippen LogP) is 3.69. The number of nitrogens with two attached hydrogens (primary N) is 1. The maximum atomic E-state index is 12.6. The molecular formula is C15H17F3N2S. The quantitative estimate of drug-likeness (QED) is 0.904. The Morgan fingerprint density at radius 2 is 1.90 bits per heavy atom. The Morgan fingerprint density at radius 1 is 1.19 bits per heavy atom. The maximum absolute atomic E-state index is 12.6. The van der Waals surface area contributed by atoms with Gasteiger partial charge in [-0.15, -0.1) is 11.8 Å². The fraction of sp³-hybridized carbons (Fsp3) is 0.533. The van der Waals surface area contributed by atoms with E-state index in [0.717, 1.165) is 42.0 Å². The van der Waals surface area contributed by atoms with Crippen LogP contribution in [0.25, 0.3) is 0 Å². The van der Waals surface area contributed by atoms with Gasteiger partial charge in [0.2, 0.25) is 0 Å². The predicted molar refractivity (Wildman–Crippen MR) is 79.5 cm³/mol. The summed E-state index contributed by atoms with van der Waals surface area (Å²) in [6.07, 6.45) is -1.10. The molecule has 1 aliphatic carbocycles. The van der Waals surface area contributed by atoms with Crippen LogP contribution in [-0.4, -0.2) is 22.9 Å². The monoisotopic (exact) mass is 314 g/mol. The van der Waals surface area contributed by atoms with Gasteiger partial charge >= 0.3 is 6.18 Å². The fourth-order valence-electron chi connectivity index (χ4n) is 2.95. The van der Waals surface area contributed by atoms with Crippen LogP contribution in [-0.2, 0) is 6.18 Å². The number of hydrogen-bond donors (Lipinski definition) is 1. The molecule has 1 aromatic rings. The smallest absolute Gasteiger partial charge is 0.330 e. The van der Waals surface area contributed by atoms with E-state index in [-0.39, 0.29) is 0 Å². The molecular weight excluding hydrogens is 297 g/mol. The lowest BCUT2D eigenvalue weighted by molar-refractivity contribution is -0.137. The van der Waals surface area contributed by atoms with Crippen LogP contribution < -0.4 is 5.73 Å². The molecule has 0 aromatic heterocycles. The third-order valence-corrected chi connectivity index (χ3v) is 5.58. The minimum Gasteiger partial charge on any atom is -0.330 e. The Hall–Kier alpha value is -1.01. The average molecular weight is 314 g/mol. The van der Waals surface area contributed by atoms with Crippen molar-refractivity contribution in [2.45, 2.75) is 36.7 Å². The van der Waals surface area contributed by atoms with Gasteiger partial charge in [-0.25, -0.2) is 0 Å². The van der Waals surface area contributed by atoms with Crippen molar-refractivity contribution in [2.75, 3.05) is 6.54 Å². The van der Waals surface area contributed by atoms with Gasteiger partial charge in [0, 0.05) is 10.8 Å². The highest BCUT2D eigenvalue weighted by molar-refractivity contribution is 8.15. The van der Waals surface area contributed by atoms with Crippen LogP contribution in [0.3, 0.4) is 0 Å². The lowest BCUT2D eigenvalue weighted by atomic mass is 9.86. The first-order valence-electron chi connectivity index (χ1n) is 7.09. The van der Waals surface area contributed by atoms with Crippen LogP contribution in [0.2, 0.25) is 0 Å². The first-order chi connectivity index (χ1) is 9.97. The van der Waals surface area contributed by atoms with E-state index >= 15 is 0 Å². The van der Waals surface area contributed by atoms with Crippen LogP contribution in [0.4, 0.5) is 13.2 Å². The molecule has 2 nitrogen and oxygen atoms in total. The zero-order valence-corrected chi connectivity index (χ0v) is 12.3. The number of aliphatic imine (C=N–C) groups is 1. The molecule has 2 N–H and O–H groups in total. The second-order valence-electron chi connectivity index (χ2n) is 5.65. The Bertz CT molecular complexity index is 539. The first kappa shape index (κ1) is 14.9. The Labute approximate surface area is 126 Å². The highest BCUT2D eigenvalue weighted by atomic mass is 32.2. The summed E-state index contributed by atoms with van der Waals surface area (Å²) in [7, 11) is 0. The van der Waals surface area contributed by atoms with Gasteiger partial charge in [-0.05, 0) is 43.9 Å². The van der Waals surface area contributed by atoms with Crippen molar-refractivity contribution in [3.63, 3.8) is 0 Å². The molecule has 3 atom stereocenters. The second-order valence-corrected chi connectivity index (χ2v) is 6.88. The van der Waals surface area contributed by atoms with E-state index in [2.05, 4.69) is 0 Å². The standard InChI is InChI=1S/C15H17F3N2S/c16-15(17,18)11-4-2-10(3-5-11)14-20-12-6-1-9(8-19)7-13(12)21-14/h2-5,9,12-13H,1,6-8,19H2. The molecule has 21 heavy (non-hydrogen) atoms. The molecule has 3 unspecified atom stereocenters. The SMILES string of the molecule is NCC1CCC2N=C(c3ccc(C(F)(F)F)cc3)SC2C1. The Morgan fingerprint density at radius 3 is 2.52 bits per heavy atom. The van der Waals surface area contributed by atoms with Crippen molar-refractivity contribution in [1.29, 1.82) is 0 Å². The molecule has 0 bridgehead atoms. The van der Waals surface area contributed by atoms with Crippen LogP contribution in [0, 0.1) is 5.92 Å². The molecule has 1 saturated carbocycles. The second kappa shape index (κ2) is 5.65. The number of rotatable bonds is 2. The molecule has 1 fully saturated rings. The lowest BCUT2D eigenvalue weighted by Crippen LogP contribution is -2.31. The van der Waals surface area contributed by atoms with E-state index in [1.54, 1.807) is 11.8 Å². The van der Waals surface area contributed by atoms with Gasteiger partial charge in [0.05, 0.1) is 16.6 Å². The molecule has 0 amide bonds. The van der Waals surface area contributed by atoms with E-state index in [1.165, 1.54) is 12.1 Å². The minimum atomic E-state index is -4.29. The van der Waals surface area contributed by atoms with Crippen LogP contribution in [0.15, 0.2) is 29.3 Å². The summed E-state index contributed by atoms with van der Waals surface area (Å²) in [6.45, 7) is 0.708. The van der Waals surface area contributed by atoms with Gasteiger partial charge in [0.1, 0.15) is 0 Å². The Balaban J connectivity index is 1.74. The average Bonchev–Trinajstić information content (AvgIpc) is 2.89. The third kappa shape index (κ3) is 3.11. The van der Waals surface area contributed by atoms with E-state index < -0.39 is 11.7 Å². The molecule has 3 rings (SSSR count). The number of hydrogen-bond acceptors (Lipinski definition) is 3. The highest BCUT2D eigenvalue weighted by Crippen LogP contribution is 2.41. The summed E-state index contributed by atoms with van der Waals surface area (Å²) < 4.78 is 37.7. The van der Waals surface area contributed by atoms with Crippen molar-refractivity contribution in [2.24, 2.45) is 16.6 Å². The molecule has 0 saturated heterocycles. The van der Waals surface area contributed by atoms with Crippen molar-refractivity contribution >= 4 is 16.8 Å². The molecule has 6 heteroatoms. The first-order valence-corrected chi connectivity index (χ1v) is 7.97. The summed E-state index contributed by atoms with van der Waals surface area (Å²) in [6, 6.07) is 5.60. The number of halogens is 3. The van der Waals surface area contributed by atoms with Gasteiger partial charge in [-0.2, -0.15) is 13.2 Å². The molecule has 0 spiro atoms. The van der Waals surface area contributed by atoms with Gasteiger partial charge in [-0.1, -0.05) is 12.1 Å². The van der Waals surface area contributed by atoms with Gasteiger partial charge < -0.3 is 5.73 Å². The summed E-state index contributed by atoms with van der Waals surface area (Å²) in [4.78, 5) is 4.70. The summed E-state index contributed by atoms with van der Waals surface area (Å²) in [5.74, 6) is 0.556. The normalized spacial score (nSPS) is 29.1. The van der Waals surface area contributed by atoms with E-state index in [9.17, 15) is 13.2 Å². The van der Waals surface area contributed by atoms with Gasteiger partial charge in [-0.3, -0.25) is 4.99 Å². The van der Waals surface area contributed by atoms with Crippen LogP contribution in [0.1, 0.15) is 30.4 Å². The fourth-order valence-corrected chi connectivity index (χ4v) is 4.43. The van der Waals surface area contributed by atoms with Crippen molar-refractivity contribution in [1.82, 2.24) is 0 Å². The highest BCUT2D eigenvalue weighted by Gasteiger charge is 2.36. The number of benzene rings is 1. The van der Waals surface area contributed by atoms with Crippen molar-refractivity contribution in [3.8, 4) is 0 Å². The van der Waals surface area contributed by atoms with Crippen molar-refractivity contribution in [3.05, 3.63) is 35.4 Å². The minimum absolute atomic E-state index is 0.301. The third-order valence-electron chi connectivity index (χ3n) is 4.20. The Kier molecular flexibility index (Phi) is 4.01.